The Morgan fingerprint density at radius 1 is 1.10 bits per heavy atom. The molecule has 1 aliphatic heterocycles. The Hall–Kier alpha value is -1.84. The minimum atomic E-state index is -0.292. The van der Waals surface area contributed by atoms with E-state index < -0.39 is 0 Å². The van der Waals surface area contributed by atoms with E-state index in [4.69, 9.17) is 15.2 Å². The highest BCUT2D eigenvalue weighted by Crippen LogP contribution is 2.30. The minimum absolute atomic E-state index is 0.000434. The molecular weight excluding hydrogens is 262 g/mol. The van der Waals surface area contributed by atoms with Gasteiger partial charge in [-0.3, -0.25) is 0 Å². The van der Waals surface area contributed by atoms with Gasteiger partial charge >= 0.3 is 0 Å². The maximum atomic E-state index is 6.18. The summed E-state index contributed by atoms with van der Waals surface area (Å²) in [5.41, 5.74) is 8.53. The Balaban J connectivity index is 1.76. The van der Waals surface area contributed by atoms with Crippen molar-refractivity contribution in [1.82, 2.24) is 0 Å². The fraction of sp³-hybridized carbons (Fsp3) is 0.333. The molecule has 2 N–H and O–H groups in total. The van der Waals surface area contributed by atoms with Gasteiger partial charge in [-0.25, -0.2) is 0 Å². The van der Waals surface area contributed by atoms with E-state index in [1.54, 1.807) is 0 Å². The monoisotopic (exact) mass is 283 g/mol. The third-order valence-electron chi connectivity index (χ3n) is 3.96. The van der Waals surface area contributed by atoms with Crippen molar-refractivity contribution < 1.29 is 9.47 Å². The largest absolute Gasteiger partial charge is 0.464 e. The van der Waals surface area contributed by atoms with Crippen LogP contribution in [0.2, 0.25) is 0 Å². The van der Waals surface area contributed by atoms with Gasteiger partial charge in [0.25, 0.3) is 0 Å². The fourth-order valence-electron chi connectivity index (χ4n) is 2.70. The fourth-order valence-corrected chi connectivity index (χ4v) is 2.70. The third kappa shape index (κ3) is 3.26. The van der Waals surface area contributed by atoms with Gasteiger partial charge in [0, 0.05) is 17.5 Å². The molecule has 1 heterocycles. The van der Waals surface area contributed by atoms with Crippen LogP contribution in [0.25, 0.3) is 0 Å². The van der Waals surface area contributed by atoms with Crippen LogP contribution in [0.3, 0.4) is 0 Å². The molecule has 110 valence electrons. The number of benzene rings is 2. The van der Waals surface area contributed by atoms with Crippen molar-refractivity contribution in [3.63, 3.8) is 0 Å². The summed E-state index contributed by atoms with van der Waals surface area (Å²) in [4.78, 5) is 0. The molecule has 21 heavy (non-hydrogen) atoms. The Labute approximate surface area is 125 Å². The molecule has 3 heteroatoms. The van der Waals surface area contributed by atoms with Gasteiger partial charge in [0.1, 0.15) is 5.75 Å². The second-order valence-corrected chi connectivity index (χ2v) is 5.62. The number of para-hydroxylation sites is 1. The molecule has 0 saturated heterocycles. The summed E-state index contributed by atoms with van der Waals surface area (Å²) in [6.07, 6.45) is 0.561. The summed E-state index contributed by atoms with van der Waals surface area (Å²) in [6, 6.07) is 18.4. The maximum Gasteiger partial charge on any atom is 0.204 e. The van der Waals surface area contributed by atoms with Crippen molar-refractivity contribution in [3.8, 4) is 5.75 Å². The van der Waals surface area contributed by atoms with E-state index in [2.05, 4.69) is 12.1 Å². The zero-order valence-electron chi connectivity index (χ0n) is 12.2. The predicted molar refractivity (Wildman–Crippen MR) is 82.9 cm³/mol. The van der Waals surface area contributed by atoms with E-state index in [-0.39, 0.29) is 18.2 Å². The van der Waals surface area contributed by atoms with Crippen LogP contribution in [-0.2, 0) is 17.8 Å². The molecule has 3 nitrogen and oxygen atoms in total. The molecule has 2 aromatic rings. The van der Waals surface area contributed by atoms with Gasteiger partial charge in [-0.1, -0.05) is 48.5 Å². The summed E-state index contributed by atoms with van der Waals surface area (Å²) in [5.74, 6) is 1.04. The van der Waals surface area contributed by atoms with Crippen LogP contribution in [-0.4, -0.2) is 12.3 Å². The molecule has 0 spiro atoms. The van der Waals surface area contributed by atoms with Crippen molar-refractivity contribution in [3.05, 3.63) is 65.7 Å². The standard InChI is InChI=1S/C18H21NO2/c1-13(19)16(11-14-7-3-2-4-8-14)18-20-12-15-9-5-6-10-17(15)21-18/h2-10,13,16,18H,11-12,19H2,1H3. The minimum Gasteiger partial charge on any atom is -0.464 e. The molecule has 0 amide bonds. The summed E-state index contributed by atoms with van der Waals surface area (Å²) in [6.45, 7) is 2.60. The average molecular weight is 283 g/mol. The van der Waals surface area contributed by atoms with E-state index in [9.17, 15) is 0 Å². The smallest absolute Gasteiger partial charge is 0.204 e. The molecule has 2 aromatic carbocycles. The van der Waals surface area contributed by atoms with E-state index in [0.29, 0.717) is 6.61 Å². The average Bonchev–Trinajstić information content (AvgIpc) is 2.53. The number of hydrogen-bond acceptors (Lipinski definition) is 3. The molecule has 0 aliphatic carbocycles. The maximum absolute atomic E-state index is 6.18. The van der Waals surface area contributed by atoms with Gasteiger partial charge < -0.3 is 15.2 Å². The molecule has 1 aliphatic rings. The van der Waals surface area contributed by atoms with Gasteiger partial charge in [0.2, 0.25) is 6.29 Å². The lowest BCUT2D eigenvalue weighted by Crippen LogP contribution is -2.43. The van der Waals surface area contributed by atoms with E-state index in [1.165, 1.54) is 5.56 Å². The predicted octanol–water partition coefficient (Wildman–Crippen LogP) is 3.13. The van der Waals surface area contributed by atoms with Crippen LogP contribution in [0.1, 0.15) is 18.1 Å². The normalized spacial score (nSPS) is 20.2. The van der Waals surface area contributed by atoms with Crippen LogP contribution < -0.4 is 10.5 Å². The molecule has 0 bridgehead atoms. The van der Waals surface area contributed by atoms with Crippen molar-refractivity contribution >= 4 is 0 Å². The van der Waals surface area contributed by atoms with Gasteiger partial charge in [0.05, 0.1) is 6.61 Å². The molecule has 3 rings (SSSR count). The lowest BCUT2D eigenvalue weighted by Gasteiger charge is -2.34. The zero-order valence-corrected chi connectivity index (χ0v) is 12.2. The lowest BCUT2D eigenvalue weighted by atomic mass is 9.92. The first-order valence-corrected chi connectivity index (χ1v) is 7.39. The van der Waals surface area contributed by atoms with Crippen LogP contribution in [0.4, 0.5) is 0 Å². The van der Waals surface area contributed by atoms with E-state index in [1.807, 2.05) is 49.4 Å². The zero-order chi connectivity index (χ0) is 14.7. The number of hydrogen-bond donors (Lipinski definition) is 1. The quantitative estimate of drug-likeness (QED) is 0.937. The SMILES string of the molecule is CC(N)C(Cc1ccccc1)C1OCc2ccccc2O1. The van der Waals surface area contributed by atoms with Gasteiger partial charge in [-0.2, -0.15) is 0 Å². The highest BCUT2D eigenvalue weighted by molar-refractivity contribution is 5.33. The van der Waals surface area contributed by atoms with Gasteiger partial charge in [-0.15, -0.1) is 0 Å². The third-order valence-corrected chi connectivity index (χ3v) is 3.96. The molecule has 0 saturated carbocycles. The number of ether oxygens (including phenoxy) is 2. The van der Waals surface area contributed by atoms with Gasteiger partial charge in [0.15, 0.2) is 0 Å². The van der Waals surface area contributed by atoms with E-state index >= 15 is 0 Å². The van der Waals surface area contributed by atoms with Crippen molar-refractivity contribution in [2.45, 2.75) is 32.3 Å². The second kappa shape index (κ2) is 6.29. The van der Waals surface area contributed by atoms with Crippen molar-refractivity contribution in [2.24, 2.45) is 11.7 Å². The molecule has 0 aromatic heterocycles. The van der Waals surface area contributed by atoms with Crippen LogP contribution in [0.5, 0.6) is 5.75 Å². The first-order chi connectivity index (χ1) is 10.2. The molecular formula is C18H21NO2. The highest BCUT2D eigenvalue weighted by atomic mass is 16.7. The summed E-state index contributed by atoms with van der Waals surface area (Å²) in [5, 5.41) is 0. The number of nitrogens with two attached hydrogens (primary N) is 1. The van der Waals surface area contributed by atoms with Crippen LogP contribution >= 0.6 is 0 Å². The van der Waals surface area contributed by atoms with Crippen LogP contribution in [0.15, 0.2) is 54.6 Å². The van der Waals surface area contributed by atoms with Crippen molar-refractivity contribution in [1.29, 1.82) is 0 Å². The summed E-state index contributed by atoms with van der Waals surface area (Å²) < 4.78 is 11.9. The highest BCUT2D eigenvalue weighted by Gasteiger charge is 2.31. The van der Waals surface area contributed by atoms with Crippen LogP contribution in [0, 0.1) is 5.92 Å². The Morgan fingerprint density at radius 2 is 1.81 bits per heavy atom. The molecule has 3 unspecified atom stereocenters. The summed E-state index contributed by atoms with van der Waals surface area (Å²) >= 11 is 0. The first-order valence-electron chi connectivity index (χ1n) is 7.39. The van der Waals surface area contributed by atoms with E-state index in [0.717, 1.165) is 17.7 Å². The Kier molecular flexibility index (Phi) is 4.23. The first kappa shape index (κ1) is 14.1. The molecule has 3 atom stereocenters. The Bertz CT molecular complexity index is 583. The summed E-state index contributed by atoms with van der Waals surface area (Å²) in [7, 11) is 0. The van der Waals surface area contributed by atoms with Gasteiger partial charge in [-0.05, 0) is 25.0 Å². The lowest BCUT2D eigenvalue weighted by molar-refractivity contribution is -0.143. The number of rotatable bonds is 4. The topological polar surface area (TPSA) is 44.5 Å². The molecule has 0 radical (unpaired) electrons. The second-order valence-electron chi connectivity index (χ2n) is 5.62. The number of fused-ring (bicyclic) bond motifs is 1. The van der Waals surface area contributed by atoms with Crippen molar-refractivity contribution in [2.75, 3.05) is 0 Å². The Morgan fingerprint density at radius 3 is 2.57 bits per heavy atom. The molecule has 0 fully saturated rings.